The number of hydrogen-bond donors (Lipinski definition) is 3. The number of aromatic nitrogens is 1. The zero-order valence-electron chi connectivity index (χ0n) is 13.6. The molecule has 7 nitrogen and oxygen atoms in total. The largest absolute Gasteiger partial charge is 0.370 e. The van der Waals surface area contributed by atoms with E-state index >= 15 is 0 Å². The van der Waals surface area contributed by atoms with E-state index in [1.165, 1.54) is 0 Å². The summed E-state index contributed by atoms with van der Waals surface area (Å²) >= 11 is 0. The number of rotatable bonds is 8. The summed E-state index contributed by atoms with van der Waals surface area (Å²) in [6.45, 7) is 0. The van der Waals surface area contributed by atoms with Crippen LogP contribution in [0.1, 0.15) is 18.4 Å². The fourth-order valence-corrected chi connectivity index (χ4v) is 2.21. The Kier molecular flexibility index (Phi) is 6.65. The van der Waals surface area contributed by atoms with Gasteiger partial charge >= 0.3 is 0 Å². The van der Waals surface area contributed by atoms with Crippen molar-refractivity contribution in [1.82, 2.24) is 10.3 Å². The zero-order valence-corrected chi connectivity index (χ0v) is 13.6. The predicted octanol–water partition coefficient (Wildman–Crippen LogP) is 1.01. The number of anilines is 1. The summed E-state index contributed by atoms with van der Waals surface area (Å²) in [5.74, 6) is -0.949. The smallest absolute Gasteiger partial charge is 0.248 e. The van der Waals surface area contributed by atoms with Crippen LogP contribution >= 0.6 is 0 Å². The summed E-state index contributed by atoms with van der Waals surface area (Å²) < 4.78 is 0. The van der Waals surface area contributed by atoms with Crippen LogP contribution in [0.15, 0.2) is 54.7 Å². The number of pyridine rings is 1. The van der Waals surface area contributed by atoms with E-state index in [0.717, 1.165) is 5.56 Å². The van der Waals surface area contributed by atoms with Crippen molar-refractivity contribution in [2.75, 3.05) is 5.32 Å². The highest BCUT2D eigenvalue weighted by Crippen LogP contribution is 2.07. The van der Waals surface area contributed by atoms with Crippen LogP contribution < -0.4 is 16.4 Å². The van der Waals surface area contributed by atoms with Crippen molar-refractivity contribution >= 4 is 23.5 Å². The van der Waals surface area contributed by atoms with Gasteiger partial charge in [0.15, 0.2) is 0 Å². The molecule has 4 N–H and O–H groups in total. The normalized spacial score (nSPS) is 11.4. The molecule has 0 saturated carbocycles. The number of carbonyl (C=O) groups excluding carboxylic acids is 3. The predicted molar refractivity (Wildman–Crippen MR) is 93.4 cm³/mol. The monoisotopic (exact) mass is 340 g/mol. The molecule has 3 amide bonds. The second kappa shape index (κ2) is 9.17. The lowest BCUT2D eigenvalue weighted by atomic mass is 10.0. The van der Waals surface area contributed by atoms with Crippen LogP contribution in [0.25, 0.3) is 0 Å². The van der Waals surface area contributed by atoms with Gasteiger partial charge in [-0.25, -0.2) is 4.98 Å². The Balaban J connectivity index is 2.06. The van der Waals surface area contributed by atoms with Crippen molar-refractivity contribution in [3.8, 4) is 0 Å². The molecule has 130 valence electrons. The van der Waals surface area contributed by atoms with Gasteiger partial charge in [0.05, 0.1) is 0 Å². The third kappa shape index (κ3) is 6.42. The topological polar surface area (TPSA) is 114 Å². The van der Waals surface area contributed by atoms with Crippen LogP contribution in [0.4, 0.5) is 5.82 Å². The lowest BCUT2D eigenvalue weighted by molar-refractivity contribution is -0.128. The number of nitrogens with one attached hydrogen (secondary N) is 2. The number of nitrogens with zero attached hydrogens (tertiary/aromatic N) is 1. The molecule has 0 aliphatic rings. The maximum Gasteiger partial charge on any atom is 0.248 e. The van der Waals surface area contributed by atoms with E-state index in [1.54, 1.807) is 24.4 Å². The van der Waals surface area contributed by atoms with Gasteiger partial charge < -0.3 is 16.4 Å². The third-order valence-corrected chi connectivity index (χ3v) is 3.45. The minimum atomic E-state index is -0.787. The first kappa shape index (κ1) is 18.1. The molecule has 1 unspecified atom stereocenters. The van der Waals surface area contributed by atoms with Crippen molar-refractivity contribution in [1.29, 1.82) is 0 Å². The molecule has 1 aromatic carbocycles. The van der Waals surface area contributed by atoms with Gasteiger partial charge in [-0.15, -0.1) is 0 Å². The highest BCUT2D eigenvalue weighted by molar-refractivity contribution is 5.97. The minimum Gasteiger partial charge on any atom is -0.370 e. The molecule has 0 saturated heterocycles. The molecule has 1 heterocycles. The van der Waals surface area contributed by atoms with Gasteiger partial charge in [-0.2, -0.15) is 0 Å². The molecule has 0 fully saturated rings. The zero-order chi connectivity index (χ0) is 18.1. The van der Waals surface area contributed by atoms with Crippen molar-refractivity contribution in [3.63, 3.8) is 0 Å². The molecule has 1 aromatic heterocycles. The Morgan fingerprint density at radius 1 is 1.00 bits per heavy atom. The fraction of sp³-hybridized carbons (Fsp3) is 0.222. The molecule has 0 aliphatic heterocycles. The van der Waals surface area contributed by atoms with E-state index in [4.69, 9.17) is 5.73 Å². The van der Waals surface area contributed by atoms with Crippen LogP contribution in [0.5, 0.6) is 0 Å². The lowest BCUT2D eigenvalue weighted by Gasteiger charge is -2.18. The highest BCUT2D eigenvalue weighted by atomic mass is 16.2. The summed E-state index contributed by atoms with van der Waals surface area (Å²) in [4.78, 5) is 39.4. The van der Waals surface area contributed by atoms with Gasteiger partial charge in [-0.3, -0.25) is 14.4 Å². The van der Waals surface area contributed by atoms with Crippen LogP contribution in [0, 0.1) is 0 Å². The first-order valence-corrected chi connectivity index (χ1v) is 7.88. The molecule has 1 atom stereocenters. The molecule has 0 bridgehead atoms. The minimum absolute atomic E-state index is 0.0580. The van der Waals surface area contributed by atoms with E-state index in [9.17, 15) is 14.4 Å². The highest BCUT2D eigenvalue weighted by Gasteiger charge is 2.21. The maximum absolute atomic E-state index is 12.5. The number of hydrogen-bond acceptors (Lipinski definition) is 4. The summed E-state index contributed by atoms with van der Waals surface area (Å²) in [7, 11) is 0. The molecule has 25 heavy (non-hydrogen) atoms. The molecule has 2 aromatic rings. The molecule has 7 heteroatoms. The average Bonchev–Trinajstić information content (AvgIpc) is 2.61. The van der Waals surface area contributed by atoms with Crippen molar-refractivity contribution < 1.29 is 14.4 Å². The number of carbonyl (C=O) groups is 3. The summed E-state index contributed by atoms with van der Waals surface area (Å²) in [5, 5.41) is 5.33. The van der Waals surface area contributed by atoms with Crippen molar-refractivity contribution in [3.05, 3.63) is 60.3 Å². The fourth-order valence-electron chi connectivity index (χ4n) is 2.21. The Labute approximate surface area is 145 Å². The number of benzene rings is 1. The van der Waals surface area contributed by atoms with Gasteiger partial charge in [0.2, 0.25) is 17.7 Å². The number of primary amides is 1. The van der Waals surface area contributed by atoms with Gasteiger partial charge in [0, 0.05) is 25.5 Å². The van der Waals surface area contributed by atoms with Gasteiger partial charge in [0.1, 0.15) is 11.9 Å². The number of amides is 3. The van der Waals surface area contributed by atoms with E-state index in [2.05, 4.69) is 15.6 Å². The molecule has 0 spiro atoms. The van der Waals surface area contributed by atoms with Gasteiger partial charge in [0.25, 0.3) is 0 Å². The van der Waals surface area contributed by atoms with Crippen LogP contribution in [-0.4, -0.2) is 28.7 Å². The summed E-state index contributed by atoms with van der Waals surface area (Å²) in [6, 6.07) is 13.7. The second-order valence-corrected chi connectivity index (χ2v) is 5.48. The SMILES string of the molecule is NC(=O)CCC(=O)NC(Cc1ccccc1)C(=O)Nc1ccccn1. The molecule has 0 aliphatic carbocycles. The molecule has 2 rings (SSSR count). The quantitative estimate of drug-likeness (QED) is 0.665. The summed E-state index contributed by atoms with van der Waals surface area (Å²) in [6.07, 6.45) is 1.76. The first-order valence-electron chi connectivity index (χ1n) is 7.88. The van der Waals surface area contributed by atoms with Gasteiger partial charge in [-0.05, 0) is 17.7 Å². The van der Waals surface area contributed by atoms with Crippen molar-refractivity contribution in [2.45, 2.75) is 25.3 Å². The second-order valence-electron chi connectivity index (χ2n) is 5.48. The Bertz CT molecular complexity index is 720. The van der Waals surface area contributed by atoms with Crippen molar-refractivity contribution in [2.24, 2.45) is 5.73 Å². The Hall–Kier alpha value is -3.22. The molecular formula is C18H20N4O3. The summed E-state index contributed by atoms with van der Waals surface area (Å²) in [5.41, 5.74) is 5.95. The third-order valence-electron chi connectivity index (χ3n) is 3.45. The molecule has 0 radical (unpaired) electrons. The first-order chi connectivity index (χ1) is 12.0. The Morgan fingerprint density at radius 2 is 1.72 bits per heavy atom. The van der Waals surface area contributed by atoms with Crippen LogP contribution in [0.3, 0.4) is 0 Å². The standard InChI is InChI=1S/C18H20N4O3/c19-15(23)9-10-17(24)21-14(12-13-6-2-1-3-7-13)18(25)22-16-8-4-5-11-20-16/h1-8,11,14H,9-10,12H2,(H2,19,23)(H,21,24)(H,20,22,25). The van der Waals surface area contributed by atoms with E-state index in [-0.39, 0.29) is 18.7 Å². The van der Waals surface area contributed by atoms with Crippen LogP contribution in [-0.2, 0) is 20.8 Å². The maximum atomic E-state index is 12.5. The number of nitrogens with two attached hydrogens (primary N) is 1. The van der Waals surface area contributed by atoms with E-state index < -0.39 is 17.9 Å². The Morgan fingerprint density at radius 3 is 2.36 bits per heavy atom. The van der Waals surface area contributed by atoms with Gasteiger partial charge in [-0.1, -0.05) is 36.4 Å². The average molecular weight is 340 g/mol. The van der Waals surface area contributed by atoms with Crippen LogP contribution in [0.2, 0.25) is 0 Å². The molecular weight excluding hydrogens is 320 g/mol. The van der Waals surface area contributed by atoms with E-state index in [0.29, 0.717) is 12.2 Å². The lowest BCUT2D eigenvalue weighted by Crippen LogP contribution is -2.45. The van der Waals surface area contributed by atoms with E-state index in [1.807, 2.05) is 30.3 Å².